The van der Waals surface area contributed by atoms with E-state index in [4.69, 9.17) is 16.3 Å². The highest BCUT2D eigenvalue weighted by Crippen LogP contribution is 2.40. The third-order valence-electron chi connectivity index (χ3n) is 12.4. The molecule has 65 heavy (non-hydrogen) atoms. The number of halogens is 1. The Labute approximate surface area is 387 Å². The van der Waals surface area contributed by atoms with Gasteiger partial charge in [-0.3, -0.25) is 39.1 Å². The highest BCUT2D eigenvalue weighted by atomic mass is 35.5. The van der Waals surface area contributed by atoms with Gasteiger partial charge in [-0.25, -0.2) is 4.98 Å². The van der Waals surface area contributed by atoms with Crippen LogP contribution in [0.4, 0.5) is 28.8 Å². The van der Waals surface area contributed by atoms with Gasteiger partial charge in [-0.05, 0) is 87.6 Å². The molecule has 0 spiro atoms. The summed E-state index contributed by atoms with van der Waals surface area (Å²) in [7, 11) is -0.930. The Morgan fingerprint density at radius 3 is 2.42 bits per heavy atom. The SMILES string of the molecule is COc1cc(N2CCC(N3CCN(C(=O)CCCCSc4cccc5c4C(=O)N(C4CCC(=O)NC4=O)C5=O)CC3)CC2)ccc1Nc1ncc(Cl)c(Nc2ccccc2P(C)(C)=O)n1. The van der Waals surface area contributed by atoms with Crippen LogP contribution in [0.2, 0.25) is 5.02 Å². The molecule has 1 atom stereocenters. The van der Waals surface area contributed by atoms with E-state index in [0.29, 0.717) is 87.4 Å². The van der Waals surface area contributed by atoms with E-state index in [9.17, 15) is 28.5 Å². The number of carbonyl (C=O) groups is 5. The predicted octanol–water partition coefficient (Wildman–Crippen LogP) is 6.35. The van der Waals surface area contributed by atoms with Crippen LogP contribution in [-0.2, 0) is 18.9 Å². The molecule has 0 saturated carbocycles. The van der Waals surface area contributed by atoms with Crippen molar-refractivity contribution >= 4 is 94.2 Å². The van der Waals surface area contributed by atoms with Gasteiger partial charge in [0.25, 0.3) is 11.8 Å². The van der Waals surface area contributed by atoms with Crippen LogP contribution >= 0.6 is 30.5 Å². The number of amides is 5. The quantitative estimate of drug-likeness (QED) is 0.0518. The number of fused-ring (bicyclic) bond motifs is 1. The summed E-state index contributed by atoms with van der Waals surface area (Å²) in [5.74, 6) is 0.120. The van der Waals surface area contributed by atoms with E-state index >= 15 is 0 Å². The number of piperidine rings is 2. The molecule has 0 aliphatic carbocycles. The van der Waals surface area contributed by atoms with Crippen molar-refractivity contribution in [2.75, 3.05) is 81.0 Å². The fourth-order valence-electron chi connectivity index (χ4n) is 8.94. The normalized spacial score (nSPS) is 18.5. The number of aromatic nitrogens is 2. The number of rotatable bonds is 15. The monoisotopic (exact) mass is 941 g/mol. The number of thioether (sulfide) groups is 1. The van der Waals surface area contributed by atoms with Crippen molar-refractivity contribution < 1.29 is 33.3 Å². The van der Waals surface area contributed by atoms with Crippen molar-refractivity contribution in [1.29, 1.82) is 0 Å². The number of hydrogen-bond donors (Lipinski definition) is 3. The maximum Gasteiger partial charge on any atom is 0.263 e. The van der Waals surface area contributed by atoms with Crippen LogP contribution in [0.15, 0.2) is 71.8 Å². The lowest BCUT2D eigenvalue weighted by molar-refractivity contribution is -0.136. The van der Waals surface area contributed by atoms with E-state index in [1.165, 1.54) is 18.0 Å². The lowest BCUT2D eigenvalue weighted by Gasteiger charge is -2.43. The van der Waals surface area contributed by atoms with Crippen molar-refractivity contribution in [2.24, 2.45) is 0 Å². The summed E-state index contributed by atoms with van der Waals surface area (Å²) in [4.78, 5) is 81.4. The van der Waals surface area contributed by atoms with Crippen LogP contribution < -0.4 is 30.9 Å². The average molecular weight is 942 g/mol. The minimum atomic E-state index is -2.56. The minimum absolute atomic E-state index is 0.0713. The van der Waals surface area contributed by atoms with Crippen LogP contribution in [0.1, 0.15) is 65.7 Å². The summed E-state index contributed by atoms with van der Waals surface area (Å²) in [5, 5.41) is 9.77. The first-order chi connectivity index (χ1) is 31.3. The second kappa shape index (κ2) is 19.9. The summed E-state index contributed by atoms with van der Waals surface area (Å²) in [6.45, 7) is 8.34. The van der Waals surface area contributed by atoms with E-state index in [2.05, 4.69) is 41.8 Å². The van der Waals surface area contributed by atoms with E-state index in [-0.39, 0.29) is 24.3 Å². The molecule has 4 aliphatic heterocycles. The van der Waals surface area contributed by atoms with Crippen LogP contribution in [0.25, 0.3) is 0 Å². The van der Waals surface area contributed by atoms with Crippen molar-refractivity contribution in [3.8, 4) is 5.75 Å². The third-order valence-corrected chi connectivity index (χ3v) is 15.4. The van der Waals surface area contributed by atoms with Crippen LogP contribution in [0.5, 0.6) is 5.75 Å². The molecular weight excluding hydrogens is 889 g/mol. The minimum Gasteiger partial charge on any atom is -0.494 e. The summed E-state index contributed by atoms with van der Waals surface area (Å²) < 4.78 is 18.7. The lowest BCUT2D eigenvalue weighted by Crippen LogP contribution is -2.54. The molecule has 16 nitrogen and oxygen atoms in total. The summed E-state index contributed by atoms with van der Waals surface area (Å²) in [6.07, 6.45) is 5.65. The van der Waals surface area contributed by atoms with Crippen LogP contribution in [0.3, 0.4) is 0 Å². The van der Waals surface area contributed by atoms with Gasteiger partial charge >= 0.3 is 0 Å². The second-order valence-electron chi connectivity index (χ2n) is 17.0. The molecule has 19 heteroatoms. The standard InChI is InChI=1S/C46H53ClN9O7PS/c1-63-36-27-30(14-15-33(36)50-46-48-28-32(47)42(52-46)49-34-10-4-5-11-37(34)64(2,3)62)53-20-18-29(19-21-53)54-22-24-55(25-23-54)40(58)13-6-7-26-65-38-12-8-9-31-41(38)45(61)56(44(31)60)35-16-17-39(57)51-43(35)59/h4-5,8-12,14-15,27-29,35H,6-7,13,16-26H2,1-3H3,(H,51,57,59)(H2,48,49,50,52). The number of hydrogen-bond acceptors (Lipinski definition) is 14. The largest absolute Gasteiger partial charge is 0.494 e. The molecule has 3 N–H and O–H groups in total. The fraction of sp³-hybridized carbons (Fsp3) is 0.413. The Balaban J connectivity index is 0.766. The average Bonchev–Trinajstić information content (AvgIpc) is 3.56. The molecule has 5 heterocycles. The Kier molecular flexibility index (Phi) is 14.1. The number of benzene rings is 3. The fourth-order valence-corrected chi connectivity index (χ4v) is 11.3. The number of piperazine rings is 1. The first-order valence-electron chi connectivity index (χ1n) is 21.9. The van der Waals surface area contributed by atoms with Gasteiger partial charge in [-0.15, -0.1) is 11.8 Å². The van der Waals surface area contributed by atoms with Gasteiger partial charge in [0.1, 0.15) is 24.0 Å². The summed E-state index contributed by atoms with van der Waals surface area (Å²) in [5.41, 5.74) is 3.01. The zero-order valence-corrected chi connectivity index (χ0v) is 39.1. The highest BCUT2D eigenvalue weighted by molar-refractivity contribution is 7.99. The highest BCUT2D eigenvalue weighted by Gasteiger charge is 2.45. The third kappa shape index (κ3) is 10.3. The molecule has 3 saturated heterocycles. The Morgan fingerprint density at radius 2 is 1.68 bits per heavy atom. The molecule has 342 valence electrons. The summed E-state index contributed by atoms with van der Waals surface area (Å²) in [6, 6.07) is 18.0. The van der Waals surface area contributed by atoms with E-state index in [1.54, 1.807) is 38.6 Å². The van der Waals surface area contributed by atoms with Gasteiger partial charge in [0.05, 0.1) is 35.8 Å². The molecule has 4 aliphatic rings. The first-order valence-corrected chi connectivity index (χ1v) is 25.9. The number of anilines is 5. The molecule has 1 aromatic heterocycles. The molecule has 1 unspecified atom stereocenters. The number of imide groups is 2. The molecular formula is C46H53ClN9O7PS. The molecule has 0 radical (unpaired) electrons. The van der Waals surface area contributed by atoms with Gasteiger partial charge < -0.3 is 29.7 Å². The molecule has 4 aromatic rings. The number of unbranched alkanes of at least 4 members (excludes halogenated alkanes) is 1. The topological polar surface area (TPSA) is 186 Å². The molecule has 3 aromatic carbocycles. The molecule has 0 bridgehead atoms. The van der Waals surface area contributed by atoms with E-state index in [0.717, 1.165) is 56.0 Å². The smallest absolute Gasteiger partial charge is 0.263 e. The van der Waals surface area contributed by atoms with E-state index in [1.807, 2.05) is 41.3 Å². The Bertz CT molecular complexity index is 2540. The van der Waals surface area contributed by atoms with Crippen molar-refractivity contribution in [2.45, 2.75) is 61.9 Å². The summed E-state index contributed by atoms with van der Waals surface area (Å²) >= 11 is 7.95. The zero-order valence-electron chi connectivity index (χ0n) is 36.7. The Hall–Kier alpha value is -5.48. The van der Waals surface area contributed by atoms with Gasteiger partial charge in [-0.2, -0.15) is 4.98 Å². The maximum atomic E-state index is 13.4. The molecule has 8 rings (SSSR count). The number of ether oxygens (including phenoxy) is 1. The maximum absolute atomic E-state index is 13.4. The van der Waals surface area contributed by atoms with Crippen LogP contribution in [-0.4, -0.2) is 132 Å². The number of nitrogens with one attached hydrogen (secondary N) is 3. The predicted molar refractivity (Wildman–Crippen MR) is 253 cm³/mol. The zero-order chi connectivity index (χ0) is 45.8. The van der Waals surface area contributed by atoms with Gasteiger partial charge in [0.15, 0.2) is 5.82 Å². The van der Waals surface area contributed by atoms with Crippen molar-refractivity contribution in [3.63, 3.8) is 0 Å². The van der Waals surface area contributed by atoms with Gasteiger partial charge in [0.2, 0.25) is 23.7 Å². The number of nitrogens with zero attached hydrogens (tertiary/aromatic N) is 6. The van der Waals surface area contributed by atoms with Crippen molar-refractivity contribution in [1.82, 2.24) is 30.0 Å². The second-order valence-corrected chi connectivity index (χ2v) is 21.7. The van der Waals surface area contributed by atoms with Crippen LogP contribution in [0, 0.1) is 0 Å². The van der Waals surface area contributed by atoms with Crippen molar-refractivity contribution in [3.05, 3.63) is 83.0 Å². The number of para-hydroxylation sites is 1. The van der Waals surface area contributed by atoms with Gasteiger partial charge in [0, 0.05) is 80.1 Å². The van der Waals surface area contributed by atoms with E-state index < -0.39 is 36.8 Å². The van der Waals surface area contributed by atoms with Gasteiger partial charge in [-0.1, -0.05) is 29.8 Å². The Morgan fingerprint density at radius 1 is 0.908 bits per heavy atom. The number of carbonyl (C=O) groups excluding carboxylic acids is 5. The first kappa shape index (κ1) is 46.1. The lowest BCUT2D eigenvalue weighted by atomic mass is 10.0. The molecule has 3 fully saturated rings. The molecule has 5 amide bonds. The number of methoxy groups -OCH3 is 1.